The van der Waals surface area contributed by atoms with Crippen molar-refractivity contribution in [3.8, 4) is 0 Å². The number of nitrogens with one attached hydrogen (secondary N) is 1. The van der Waals surface area contributed by atoms with Crippen LogP contribution in [0.25, 0.3) is 10.9 Å². The maximum absolute atomic E-state index is 15.2. The van der Waals surface area contributed by atoms with Crippen LogP contribution in [-0.2, 0) is 22.6 Å². The van der Waals surface area contributed by atoms with Crippen LogP contribution in [0.3, 0.4) is 0 Å². The second-order valence-corrected chi connectivity index (χ2v) is 8.89. The second kappa shape index (κ2) is 9.22. The molecule has 0 bridgehead atoms. The number of ether oxygens (including phenoxy) is 1. The Kier molecular flexibility index (Phi) is 6.05. The summed E-state index contributed by atoms with van der Waals surface area (Å²) in [4.78, 5) is 50.1. The standard InChI is InChI=1S/C24H23F2N5O6/c1-13(32)27-11-16-12-29(24(36)37-16)15-9-18(25)21(19(26)10-15)28-4-6-30-20-3-2-14(23(34)35)8-17(20)22(33)31(30)7-5-28/h2-3,8-10,16H,4-7,11-12H2,1H3,(H,27,32)(H,34,35)/t16-/m0/s1. The Morgan fingerprint density at radius 2 is 1.73 bits per heavy atom. The van der Waals surface area contributed by atoms with Crippen LogP contribution in [0, 0.1) is 11.6 Å². The van der Waals surface area contributed by atoms with E-state index in [2.05, 4.69) is 5.32 Å². The molecular weight excluding hydrogens is 492 g/mol. The summed E-state index contributed by atoms with van der Waals surface area (Å²) in [7, 11) is 0. The fourth-order valence-corrected chi connectivity index (χ4v) is 4.78. The lowest BCUT2D eigenvalue weighted by Gasteiger charge is -2.24. The van der Waals surface area contributed by atoms with Crippen LogP contribution in [0.1, 0.15) is 17.3 Å². The molecule has 13 heteroatoms. The SMILES string of the molecule is CC(=O)NC[C@H]1CN(c2cc(F)c(N3CCn4c(=O)c5cc(C(=O)O)ccc5n4CC3)c(F)c2)C(=O)O1. The number of carbonyl (C=O) groups is 3. The van der Waals surface area contributed by atoms with Gasteiger partial charge in [0.2, 0.25) is 5.91 Å². The average Bonchev–Trinajstić information content (AvgIpc) is 3.25. The lowest BCUT2D eigenvalue weighted by atomic mass is 10.1. The summed E-state index contributed by atoms with van der Waals surface area (Å²) < 4.78 is 38.7. The van der Waals surface area contributed by atoms with Gasteiger partial charge in [-0.1, -0.05) is 0 Å². The number of halogens is 2. The molecule has 1 aromatic heterocycles. The van der Waals surface area contributed by atoms with Crippen molar-refractivity contribution in [3.63, 3.8) is 0 Å². The van der Waals surface area contributed by atoms with Crippen molar-refractivity contribution in [2.24, 2.45) is 0 Å². The Hall–Kier alpha value is -4.42. The number of hydrogen-bond donors (Lipinski definition) is 2. The number of aromatic nitrogens is 2. The maximum atomic E-state index is 15.2. The van der Waals surface area contributed by atoms with Gasteiger partial charge >= 0.3 is 12.1 Å². The molecule has 5 rings (SSSR count). The Balaban J connectivity index is 1.37. The van der Waals surface area contributed by atoms with Gasteiger partial charge in [0, 0.05) is 32.1 Å². The highest BCUT2D eigenvalue weighted by atomic mass is 19.1. The van der Waals surface area contributed by atoms with Crippen LogP contribution in [0.5, 0.6) is 0 Å². The Morgan fingerprint density at radius 1 is 1.05 bits per heavy atom. The van der Waals surface area contributed by atoms with E-state index in [-0.39, 0.29) is 73.1 Å². The van der Waals surface area contributed by atoms with Gasteiger partial charge in [-0.3, -0.25) is 19.2 Å². The Bertz CT molecular complexity index is 1480. The smallest absolute Gasteiger partial charge is 0.414 e. The predicted molar refractivity (Wildman–Crippen MR) is 128 cm³/mol. The minimum absolute atomic E-state index is 0.000128. The fourth-order valence-electron chi connectivity index (χ4n) is 4.78. The van der Waals surface area contributed by atoms with Crippen LogP contribution >= 0.6 is 0 Å². The predicted octanol–water partition coefficient (Wildman–Crippen LogP) is 1.76. The maximum Gasteiger partial charge on any atom is 0.414 e. The number of hydrogen-bond acceptors (Lipinski definition) is 6. The van der Waals surface area contributed by atoms with Crippen LogP contribution in [-0.4, -0.2) is 64.7 Å². The molecular formula is C24H23F2N5O6. The van der Waals surface area contributed by atoms with E-state index in [1.54, 1.807) is 10.7 Å². The lowest BCUT2D eigenvalue weighted by molar-refractivity contribution is -0.119. The number of carboxylic acids is 1. The van der Waals surface area contributed by atoms with Crippen molar-refractivity contribution in [1.29, 1.82) is 0 Å². The topological polar surface area (TPSA) is 126 Å². The number of carbonyl (C=O) groups excluding carboxylic acids is 2. The third-order valence-corrected chi connectivity index (χ3v) is 6.52. The average molecular weight is 515 g/mol. The van der Waals surface area contributed by atoms with E-state index >= 15 is 8.78 Å². The highest BCUT2D eigenvalue weighted by Gasteiger charge is 2.34. The molecule has 0 spiro atoms. The van der Waals surface area contributed by atoms with Crippen LogP contribution in [0.15, 0.2) is 35.1 Å². The van der Waals surface area contributed by atoms with Gasteiger partial charge in [0.15, 0.2) is 11.6 Å². The number of aromatic carboxylic acids is 1. The molecule has 3 heterocycles. The molecule has 1 fully saturated rings. The normalized spacial score (nSPS) is 17.5. The minimum Gasteiger partial charge on any atom is -0.478 e. The van der Waals surface area contributed by atoms with Gasteiger partial charge in [-0.05, 0) is 18.2 Å². The molecule has 37 heavy (non-hydrogen) atoms. The summed E-state index contributed by atoms with van der Waals surface area (Å²) in [5.74, 6) is -3.18. The molecule has 0 aliphatic carbocycles. The molecule has 2 N–H and O–H groups in total. The number of rotatable bonds is 5. The third-order valence-electron chi connectivity index (χ3n) is 6.52. The van der Waals surface area contributed by atoms with E-state index in [0.717, 1.165) is 17.0 Å². The summed E-state index contributed by atoms with van der Waals surface area (Å²) >= 11 is 0. The first-order chi connectivity index (χ1) is 17.6. The number of carboxylic acid groups (broad SMARTS) is 1. The van der Waals surface area contributed by atoms with E-state index in [1.807, 2.05) is 0 Å². The zero-order chi connectivity index (χ0) is 26.4. The number of nitrogens with zero attached hydrogens (tertiary/aromatic N) is 4. The quantitative estimate of drug-likeness (QED) is 0.530. The van der Waals surface area contributed by atoms with Crippen LogP contribution < -0.4 is 20.7 Å². The molecule has 1 atom stereocenters. The van der Waals surface area contributed by atoms with E-state index in [1.165, 1.54) is 28.6 Å². The number of fused-ring (bicyclic) bond motifs is 3. The number of anilines is 2. The van der Waals surface area contributed by atoms with Crippen molar-refractivity contribution in [2.45, 2.75) is 26.1 Å². The Labute approximate surface area is 208 Å². The Morgan fingerprint density at radius 3 is 2.38 bits per heavy atom. The van der Waals surface area contributed by atoms with Crippen LogP contribution in [0.2, 0.25) is 0 Å². The van der Waals surface area contributed by atoms with Gasteiger partial charge in [-0.15, -0.1) is 0 Å². The van der Waals surface area contributed by atoms with Gasteiger partial charge < -0.3 is 20.1 Å². The largest absolute Gasteiger partial charge is 0.478 e. The van der Waals surface area contributed by atoms with Crippen molar-refractivity contribution in [2.75, 3.05) is 36.0 Å². The van der Waals surface area contributed by atoms with Crippen molar-refractivity contribution in [3.05, 3.63) is 57.9 Å². The first-order valence-corrected chi connectivity index (χ1v) is 11.6. The second-order valence-electron chi connectivity index (χ2n) is 8.89. The van der Waals surface area contributed by atoms with Gasteiger partial charge in [0.05, 0.1) is 48.3 Å². The van der Waals surface area contributed by atoms with Crippen molar-refractivity contribution < 1.29 is 33.0 Å². The highest BCUT2D eigenvalue weighted by molar-refractivity contribution is 5.93. The fraction of sp³-hybridized carbons (Fsp3) is 0.333. The summed E-state index contributed by atoms with van der Waals surface area (Å²) in [6.45, 7) is 2.10. The molecule has 2 aliphatic heterocycles. The summed E-state index contributed by atoms with van der Waals surface area (Å²) in [5, 5.41) is 12.0. The first kappa shape index (κ1) is 24.3. The van der Waals surface area contributed by atoms with Gasteiger partial charge in [0.1, 0.15) is 11.8 Å². The van der Waals surface area contributed by atoms with Crippen molar-refractivity contribution >= 4 is 40.2 Å². The summed E-state index contributed by atoms with van der Waals surface area (Å²) in [6.07, 6.45) is -1.42. The molecule has 0 radical (unpaired) electrons. The molecule has 2 amide bonds. The molecule has 1 saturated heterocycles. The summed E-state index contributed by atoms with van der Waals surface area (Å²) in [6, 6.07) is 6.40. The van der Waals surface area contributed by atoms with E-state index < -0.39 is 29.8 Å². The molecule has 2 aromatic carbocycles. The number of benzene rings is 2. The molecule has 2 aliphatic rings. The molecule has 0 unspecified atom stereocenters. The van der Waals surface area contributed by atoms with E-state index in [9.17, 15) is 24.3 Å². The minimum atomic E-state index is -1.14. The first-order valence-electron chi connectivity index (χ1n) is 11.6. The molecule has 0 saturated carbocycles. The van der Waals surface area contributed by atoms with Gasteiger partial charge in [-0.2, -0.15) is 0 Å². The van der Waals surface area contributed by atoms with E-state index in [0.29, 0.717) is 5.52 Å². The molecule has 194 valence electrons. The highest BCUT2D eigenvalue weighted by Crippen LogP contribution is 2.31. The third kappa shape index (κ3) is 4.36. The van der Waals surface area contributed by atoms with Gasteiger partial charge in [0.25, 0.3) is 5.56 Å². The molecule has 3 aromatic rings. The molecule has 11 nitrogen and oxygen atoms in total. The van der Waals surface area contributed by atoms with Crippen molar-refractivity contribution in [1.82, 2.24) is 14.7 Å². The van der Waals surface area contributed by atoms with Gasteiger partial charge in [-0.25, -0.2) is 23.1 Å². The summed E-state index contributed by atoms with van der Waals surface area (Å²) in [5.41, 5.74) is -0.124. The zero-order valence-corrected chi connectivity index (χ0v) is 19.7. The van der Waals surface area contributed by atoms with E-state index in [4.69, 9.17) is 4.74 Å². The lowest BCUT2D eigenvalue weighted by Crippen LogP contribution is -2.33. The monoisotopic (exact) mass is 515 g/mol. The number of amides is 2. The zero-order valence-electron chi connectivity index (χ0n) is 19.7. The van der Waals surface area contributed by atoms with Crippen LogP contribution in [0.4, 0.5) is 25.0 Å². The number of cyclic esters (lactones) is 1.